The van der Waals surface area contributed by atoms with E-state index >= 15 is 0 Å². The van der Waals surface area contributed by atoms with Gasteiger partial charge < -0.3 is 5.11 Å². The van der Waals surface area contributed by atoms with E-state index < -0.39 is 0 Å². The van der Waals surface area contributed by atoms with Crippen LogP contribution in [0.2, 0.25) is 0 Å². The van der Waals surface area contributed by atoms with E-state index in [1.165, 1.54) is 125 Å². The minimum atomic E-state index is -0.180. The lowest BCUT2D eigenvalue weighted by atomic mass is 9.72. The second-order valence-corrected chi connectivity index (χ2v) is 18.3. The molecule has 2 aromatic rings. The number of allylic oxidation sites excluding steroid dienone is 4. The van der Waals surface area contributed by atoms with Crippen LogP contribution in [0.1, 0.15) is 160 Å². The summed E-state index contributed by atoms with van der Waals surface area (Å²) in [7, 11) is 0. The number of rotatable bonds is 19. The van der Waals surface area contributed by atoms with Crippen molar-refractivity contribution in [3.05, 3.63) is 89.0 Å². The highest BCUT2D eigenvalue weighted by Crippen LogP contribution is 2.63. The van der Waals surface area contributed by atoms with Gasteiger partial charge in [0.1, 0.15) is 0 Å². The molecule has 1 nitrogen and oxygen atoms in total. The van der Waals surface area contributed by atoms with Gasteiger partial charge in [-0.2, -0.15) is 0 Å². The minimum absolute atomic E-state index is 0.172. The van der Waals surface area contributed by atoms with Gasteiger partial charge in [0.2, 0.25) is 0 Å². The summed E-state index contributed by atoms with van der Waals surface area (Å²) in [5.41, 5.74) is 7.28. The standard InChI is InChI=1S/C50H72O/c1-6-7-8-12-22-46-35-50(46,39(5)51)34-38(4)49-33-45(32-48(49)37(3)25-24-36(2)30-41-19-13-14-20-41)43-28-29-44(31-43)47-23-16-15-21-42(47)27-26-40-17-10-9-11-18-40/h9-11,15-18,21,23,26-29,36-39,41,45-46,48-49,51H,6-8,12-14,19-20,22,24-25,30-35H2,1-5H3/b27-26+/t36?,37?,38?,39?,45-,46-,48?,49+,50+/m1/s1. The van der Waals surface area contributed by atoms with E-state index in [4.69, 9.17) is 0 Å². The lowest BCUT2D eigenvalue weighted by molar-refractivity contribution is 0.0647. The van der Waals surface area contributed by atoms with Crippen LogP contribution in [0.5, 0.6) is 0 Å². The number of aliphatic hydroxyl groups is 1. The van der Waals surface area contributed by atoms with Crippen LogP contribution in [0.25, 0.3) is 17.7 Å². The van der Waals surface area contributed by atoms with Crippen molar-refractivity contribution in [1.82, 2.24) is 0 Å². The number of hydrogen-bond donors (Lipinski definition) is 1. The highest BCUT2D eigenvalue weighted by Gasteiger charge is 2.57. The van der Waals surface area contributed by atoms with Crippen LogP contribution in [0.4, 0.5) is 0 Å². The van der Waals surface area contributed by atoms with Crippen molar-refractivity contribution in [2.45, 2.75) is 150 Å². The smallest absolute Gasteiger partial charge is 0.0571 e. The molecule has 51 heavy (non-hydrogen) atoms. The molecule has 5 unspecified atom stereocenters. The third-order valence-corrected chi connectivity index (χ3v) is 14.6. The van der Waals surface area contributed by atoms with Crippen molar-refractivity contribution in [1.29, 1.82) is 0 Å². The molecule has 1 N–H and O–H groups in total. The molecule has 1 heteroatoms. The van der Waals surface area contributed by atoms with Gasteiger partial charge in [-0.3, -0.25) is 0 Å². The maximum absolute atomic E-state index is 11.2. The summed E-state index contributed by atoms with van der Waals surface area (Å²) < 4.78 is 0. The van der Waals surface area contributed by atoms with Crippen molar-refractivity contribution < 1.29 is 5.11 Å². The Morgan fingerprint density at radius 1 is 0.804 bits per heavy atom. The van der Waals surface area contributed by atoms with E-state index in [0.29, 0.717) is 11.8 Å². The van der Waals surface area contributed by atoms with E-state index in [-0.39, 0.29) is 11.5 Å². The topological polar surface area (TPSA) is 20.2 Å². The molecular weight excluding hydrogens is 617 g/mol. The van der Waals surface area contributed by atoms with Crippen molar-refractivity contribution in [3.8, 4) is 0 Å². The van der Waals surface area contributed by atoms with Gasteiger partial charge in [0, 0.05) is 0 Å². The van der Waals surface area contributed by atoms with E-state index in [9.17, 15) is 5.11 Å². The Balaban J connectivity index is 1.13. The normalized spacial score (nSPS) is 28.9. The van der Waals surface area contributed by atoms with Gasteiger partial charge >= 0.3 is 0 Å². The third-order valence-electron chi connectivity index (χ3n) is 14.6. The Kier molecular flexibility index (Phi) is 13.6. The predicted molar refractivity (Wildman–Crippen MR) is 221 cm³/mol. The Hall–Kier alpha value is -2.38. The van der Waals surface area contributed by atoms with Crippen LogP contribution < -0.4 is 0 Å². The summed E-state index contributed by atoms with van der Waals surface area (Å²) in [6.07, 6.45) is 32.4. The van der Waals surface area contributed by atoms with Gasteiger partial charge in [0.25, 0.3) is 0 Å². The average molecular weight is 689 g/mol. The Morgan fingerprint density at radius 2 is 1.53 bits per heavy atom. The average Bonchev–Trinajstić information content (AvgIpc) is 3.61. The quantitative estimate of drug-likeness (QED) is 0.115. The molecule has 0 spiro atoms. The van der Waals surface area contributed by atoms with Gasteiger partial charge in [-0.05, 0) is 127 Å². The first kappa shape index (κ1) is 38.3. The summed E-state index contributed by atoms with van der Waals surface area (Å²) in [5, 5.41) is 11.2. The van der Waals surface area contributed by atoms with Gasteiger partial charge in [0.15, 0.2) is 0 Å². The van der Waals surface area contributed by atoms with E-state index in [1.807, 2.05) is 0 Å². The zero-order valence-electron chi connectivity index (χ0n) is 33.2. The van der Waals surface area contributed by atoms with Crippen LogP contribution in [0.3, 0.4) is 0 Å². The molecule has 0 bridgehead atoms. The molecule has 0 heterocycles. The molecule has 0 aliphatic heterocycles. The van der Waals surface area contributed by atoms with Crippen LogP contribution in [0, 0.1) is 52.8 Å². The number of hydrogen-bond acceptors (Lipinski definition) is 1. The Bertz CT molecular complexity index is 1450. The molecule has 4 aliphatic rings. The molecule has 9 atom stereocenters. The maximum Gasteiger partial charge on any atom is 0.0571 e. The first-order valence-electron chi connectivity index (χ1n) is 21.7. The van der Waals surface area contributed by atoms with Crippen molar-refractivity contribution in [2.24, 2.45) is 52.8 Å². The number of aliphatic hydroxyl groups excluding tert-OH is 1. The highest BCUT2D eigenvalue weighted by molar-refractivity contribution is 5.82. The van der Waals surface area contributed by atoms with E-state index in [0.717, 1.165) is 41.9 Å². The molecule has 0 amide bonds. The molecule has 4 aliphatic carbocycles. The van der Waals surface area contributed by atoms with Gasteiger partial charge in [-0.1, -0.05) is 176 Å². The van der Waals surface area contributed by atoms with Crippen LogP contribution in [0.15, 0.2) is 72.3 Å². The molecule has 0 saturated heterocycles. The molecular formula is C50H72O. The van der Waals surface area contributed by atoms with Gasteiger partial charge in [-0.25, -0.2) is 0 Å². The lowest BCUT2D eigenvalue weighted by Gasteiger charge is -2.34. The number of unbranched alkanes of at least 4 members (excludes halogenated alkanes) is 3. The fourth-order valence-corrected chi connectivity index (χ4v) is 11.4. The summed E-state index contributed by atoms with van der Waals surface area (Å²) >= 11 is 0. The second kappa shape index (κ2) is 18.1. The highest BCUT2D eigenvalue weighted by atomic mass is 16.3. The Morgan fingerprint density at radius 3 is 2.27 bits per heavy atom. The van der Waals surface area contributed by atoms with Crippen molar-refractivity contribution in [3.63, 3.8) is 0 Å². The first-order valence-corrected chi connectivity index (χ1v) is 21.7. The van der Waals surface area contributed by atoms with E-state index in [1.54, 1.807) is 5.57 Å². The minimum Gasteiger partial charge on any atom is -0.393 e. The van der Waals surface area contributed by atoms with Crippen LogP contribution in [-0.4, -0.2) is 11.2 Å². The summed E-state index contributed by atoms with van der Waals surface area (Å²) in [6, 6.07) is 19.7. The monoisotopic (exact) mass is 689 g/mol. The largest absolute Gasteiger partial charge is 0.393 e. The van der Waals surface area contributed by atoms with E-state index in [2.05, 4.69) is 114 Å². The summed E-state index contributed by atoms with van der Waals surface area (Å²) in [5.74, 6) is 6.29. The van der Waals surface area contributed by atoms with Crippen LogP contribution >= 0.6 is 0 Å². The molecule has 2 aromatic carbocycles. The first-order chi connectivity index (χ1) is 24.8. The zero-order valence-corrected chi connectivity index (χ0v) is 33.2. The SMILES string of the molecule is CCCCCC[C@@H]1C[C@@]1(CC(C)[C@@H]1C[C@H](C2=CC=C(c3ccccc3/C=C/c3ccccc3)C2)CC1C(C)CCC(C)CC1CCCC1)C(C)O. The third kappa shape index (κ3) is 9.79. The summed E-state index contributed by atoms with van der Waals surface area (Å²) in [4.78, 5) is 0. The second-order valence-electron chi connectivity index (χ2n) is 18.3. The molecule has 278 valence electrons. The molecule has 0 aromatic heterocycles. The molecule has 3 saturated carbocycles. The molecule has 0 radical (unpaired) electrons. The van der Waals surface area contributed by atoms with Gasteiger partial charge in [0.05, 0.1) is 6.10 Å². The number of benzene rings is 2. The lowest BCUT2D eigenvalue weighted by Crippen LogP contribution is -2.29. The Labute approximate surface area is 313 Å². The predicted octanol–water partition coefficient (Wildman–Crippen LogP) is 14.2. The maximum atomic E-state index is 11.2. The fraction of sp³-hybridized carbons (Fsp3) is 0.640. The zero-order chi connectivity index (χ0) is 35.8. The fourth-order valence-electron chi connectivity index (χ4n) is 11.4. The summed E-state index contributed by atoms with van der Waals surface area (Å²) in [6.45, 7) is 12.2. The van der Waals surface area contributed by atoms with Crippen LogP contribution in [-0.2, 0) is 0 Å². The molecule has 3 fully saturated rings. The van der Waals surface area contributed by atoms with Gasteiger partial charge in [-0.15, -0.1) is 0 Å². The van der Waals surface area contributed by atoms with Crippen molar-refractivity contribution >= 4 is 17.7 Å². The molecule has 6 rings (SSSR count). The van der Waals surface area contributed by atoms with Crippen molar-refractivity contribution in [2.75, 3.05) is 0 Å².